The van der Waals surface area contributed by atoms with Crippen molar-refractivity contribution in [3.8, 4) is 0 Å². The van der Waals surface area contributed by atoms with E-state index < -0.39 is 0 Å². The van der Waals surface area contributed by atoms with Crippen LogP contribution in [-0.2, 0) is 5.41 Å². The summed E-state index contributed by atoms with van der Waals surface area (Å²) in [5, 5.41) is 4.34. The van der Waals surface area contributed by atoms with Crippen molar-refractivity contribution in [2.75, 3.05) is 6.54 Å². The van der Waals surface area contributed by atoms with Crippen LogP contribution in [0, 0.1) is 0 Å². The molecule has 1 nitrogen and oxygen atoms in total. The van der Waals surface area contributed by atoms with Crippen LogP contribution in [0.1, 0.15) is 49.1 Å². The molecular weight excluding hydrogens is 366 g/mol. The van der Waals surface area contributed by atoms with Crippen LogP contribution in [0.5, 0.6) is 0 Å². The first-order valence-corrected chi connectivity index (χ1v) is 9.10. The Labute approximate surface area is 144 Å². The lowest BCUT2D eigenvalue weighted by atomic mass is 9.95. The quantitative estimate of drug-likeness (QED) is 0.663. The van der Waals surface area contributed by atoms with Crippen LogP contribution in [-0.4, -0.2) is 6.54 Å². The fourth-order valence-corrected chi connectivity index (χ4v) is 4.03. The van der Waals surface area contributed by atoms with Gasteiger partial charge in [0.25, 0.3) is 0 Å². The Morgan fingerprint density at radius 3 is 2.52 bits per heavy atom. The molecule has 0 saturated carbocycles. The number of nitrogens with one attached hydrogen (secondary N) is 1. The molecule has 0 aliphatic heterocycles. The number of thiophene rings is 1. The lowest BCUT2D eigenvalue weighted by Gasteiger charge is -2.20. The van der Waals surface area contributed by atoms with Crippen LogP contribution in [0.15, 0.2) is 34.8 Å². The van der Waals surface area contributed by atoms with Crippen molar-refractivity contribution in [1.29, 1.82) is 0 Å². The van der Waals surface area contributed by atoms with E-state index in [0.29, 0.717) is 0 Å². The third-order valence-electron chi connectivity index (χ3n) is 3.33. The second-order valence-corrected chi connectivity index (χ2v) is 8.51. The van der Waals surface area contributed by atoms with Crippen LogP contribution in [0.4, 0.5) is 0 Å². The van der Waals surface area contributed by atoms with E-state index in [0.717, 1.165) is 16.0 Å². The topological polar surface area (TPSA) is 12.0 Å². The average Bonchev–Trinajstić information content (AvgIpc) is 2.88. The summed E-state index contributed by atoms with van der Waals surface area (Å²) in [6, 6.07) is 10.6. The van der Waals surface area contributed by atoms with E-state index in [4.69, 9.17) is 11.6 Å². The molecule has 1 aromatic carbocycles. The van der Waals surface area contributed by atoms with Crippen molar-refractivity contribution in [3.63, 3.8) is 0 Å². The van der Waals surface area contributed by atoms with Gasteiger partial charge >= 0.3 is 0 Å². The number of hydrogen-bond donors (Lipinski definition) is 1. The molecular formula is C17H21BrClNS. The molecule has 114 valence electrons. The molecule has 0 spiro atoms. The largest absolute Gasteiger partial charge is 0.306 e. The van der Waals surface area contributed by atoms with Crippen molar-refractivity contribution in [1.82, 2.24) is 5.32 Å². The summed E-state index contributed by atoms with van der Waals surface area (Å²) in [5.74, 6) is 0. The highest BCUT2D eigenvalue weighted by molar-refractivity contribution is 9.10. The van der Waals surface area contributed by atoms with E-state index in [1.807, 2.05) is 29.5 Å². The van der Waals surface area contributed by atoms with Gasteiger partial charge in [-0.25, -0.2) is 0 Å². The number of halogens is 2. The molecule has 0 bridgehead atoms. The van der Waals surface area contributed by atoms with Gasteiger partial charge < -0.3 is 5.32 Å². The third-order valence-corrected chi connectivity index (χ3v) is 5.86. The standard InChI is InChI=1S/C17H21BrClNS/c1-5-20-16(12-10-11(19)6-7-13(12)18)14-8-9-15(21-14)17(2,3)4/h6-10,16,20H,5H2,1-4H3. The summed E-state index contributed by atoms with van der Waals surface area (Å²) in [6.07, 6.45) is 0. The first-order chi connectivity index (χ1) is 9.82. The molecule has 0 amide bonds. The summed E-state index contributed by atoms with van der Waals surface area (Å²) in [4.78, 5) is 2.73. The zero-order valence-electron chi connectivity index (χ0n) is 12.8. The Bertz CT molecular complexity index is 615. The fourth-order valence-electron chi connectivity index (χ4n) is 2.21. The van der Waals surface area contributed by atoms with Crippen LogP contribution in [0.2, 0.25) is 5.02 Å². The zero-order valence-corrected chi connectivity index (χ0v) is 16.0. The Hall–Kier alpha value is -0.350. The number of benzene rings is 1. The van der Waals surface area contributed by atoms with Gasteiger partial charge in [-0.15, -0.1) is 11.3 Å². The predicted molar refractivity (Wildman–Crippen MR) is 97.7 cm³/mol. The highest BCUT2D eigenvalue weighted by atomic mass is 79.9. The van der Waals surface area contributed by atoms with Crippen LogP contribution >= 0.6 is 38.9 Å². The predicted octanol–water partition coefficient (Wildman–Crippen LogP) is 6.16. The van der Waals surface area contributed by atoms with Crippen molar-refractivity contribution in [3.05, 3.63) is 55.1 Å². The second kappa shape index (κ2) is 6.82. The van der Waals surface area contributed by atoms with Crippen molar-refractivity contribution >= 4 is 38.9 Å². The molecule has 1 unspecified atom stereocenters. The van der Waals surface area contributed by atoms with Gasteiger partial charge in [0.2, 0.25) is 0 Å². The van der Waals surface area contributed by atoms with E-state index in [1.54, 1.807) is 0 Å². The molecule has 1 aromatic heterocycles. The minimum atomic E-state index is 0.171. The summed E-state index contributed by atoms with van der Waals surface area (Å²) in [7, 11) is 0. The van der Waals surface area contributed by atoms with Crippen LogP contribution < -0.4 is 5.32 Å². The molecule has 1 atom stereocenters. The van der Waals surface area contributed by atoms with Gasteiger partial charge in [0.15, 0.2) is 0 Å². The maximum Gasteiger partial charge on any atom is 0.0682 e. The maximum atomic E-state index is 6.18. The minimum Gasteiger partial charge on any atom is -0.306 e. The highest BCUT2D eigenvalue weighted by Crippen LogP contribution is 2.37. The average molecular weight is 387 g/mol. The third kappa shape index (κ3) is 4.10. The summed E-state index contributed by atoms with van der Waals surface area (Å²) >= 11 is 11.7. The smallest absolute Gasteiger partial charge is 0.0682 e. The fraction of sp³-hybridized carbons (Fsp3) is 0.412. The van der Waals surface area contributed by atoms with Crippen LogP contribution in [0.25, 0.3) is 0 Å². The lowest BCUT2D eigenvalue weighted by Crippen LogP contribution is -2.21. The summed E-state index contributed by atoms with van der Waals surface area (Å²) in [5.41, 5.74) is 1.37. The Kier molecular flexibility index (Phi) is 5.53. The van der Waals surface area contributed by atoms with Gasteiger partial charge in [-0.1, -0.05) is 55.2 Å². The van der Waals surface area contributed by atoms with Gasteiger partial charge in [-0.05, 0) is 47.9 Å². The Morgan fingerprint density at radius 1 is 1.24 bits per heavy atom. The minimum absolute atomic E-state index is 0.171. The molecule has 21 heavy (non-hydrogen) atoms. The van der Waals surface area contributed by atoms with E-state index in [2.05, 4.69) is 61.1 Å². The van der Waals surface area contributed by atoms with Gasteiger partial charge in [0.1, 0.15) is 0 Å². The molecule has 0 aliphatic rings. The first kappa shape index (κ1) is 17.0. The molecule has 1 heterocycles. The SMILES string of the molecule is CCNC(c1ccc(C(C)(C)C)s1)c1cc(Cl)ccc1Br. The monoisotopic (exact) mass is 385 g/mol. The number of hydrogen-bond acceptors (Lipinski definition) is 2. The van der Waals surface area contributed by atoms with Crippen molar-refractivity contribution < 1.29 is 0 Å². The van der Waals surface area contributed by atoms with E-state index >= 15 is 0 Å². The molecule has 0 fully saturated rings. The molecule has 0 radical (unpaired) electrons. The van der Waals surface area contributed by atoms with Crippen molar-refractivity contribution in [2.45, 2.75) is 39.2 Å². The molecule has 4 heteroatoms. The maximum absolute atomic E-state index is 6.18. The summed E-state index contributed by atoms with van der Waals surface area (Å²) in [6.45, 7) is 9.79. The zero-order chi connectivity index (χ0) is 15.6. The highest BCUT2D eigenvalue weighted by Gasteiger charge is 2.22. The molecule has 1 N–H and O–H groups in total. The van der Waals surface area contributed by atoms with E-state index in [-0.39, 0.29) is 11.5 Å². The van der Waals surface area contributed by atoms with Gasteiger partial charge in [-0.3, -0.25) is 0 Å². The summed E-state index contributed by atoms with van der Waals surface area (Å²) < 4.78 is 1.09. The molecule has 0 aliphatic carbocycles. The normalized spacial score (nSPS) is 13.4. The molecule has 0 saturated heterocycles. The molecule has 2 aromatic rings. The molecule has 2 rings (SSSR count). The van der Waals surface area contributed by atoms with Gasteiger partial charge in [0.05, 0.1) is 6.04 Å². The Balaban J connectivity index is 2.44. The van der Waals surface area contributed by atoms with E-state index in [9.17, 15) is 0 Å². The van der Waals surface area contributed by atoms with Gasteiger partial charge in [0, 0.05) is 19.2 Å². The van der Waals surface area contributed by atoms with Gasteiger partial charge in [-0.2, -0.15) is 0 Å². The van der Waals surface area contributed by atoms with Crippen molar-refractivity contribution in [2.24, 2.45) is 0 Å². The second-order valence-electron chi connectivity index (χ2n) is 6.11. The Morgan fingerprint density at radius 2 is 1.95 bits per heavy atom. The lowest BCUT2D eigenvalue weighted by molar-refractivity contribution is 0.604. The van der Waals surface area contributed by atoms with E-state index in [1.165, 1.54) is 15.3 Å². The number of rotatable bonds is 4. The van der Waals surface area contributed by atoms with Crippen LogP contribution in [0.3, 0.4) is 0 Å². The first-order valence-electron chi connectivity index (χ1n) is 7.11.